The molecule has 0 saturated carbocycles. The summed E-state index contributed by atoms with van der Waals surface area (Å²) < 4.78 is 54.8. The topological polar surface area (TPSA) is 137 Å². The number of nitrogens with zero attached hydrogens (tertiary/aromatic N) is 3. The van der Waals surface area contributed by atoms with Crippen LogP contribution >= 0.6 is 11.6 Å². The second-order valence-electron chi connectivity index (χ2n) is 15.1. The van der Waals surface area contributed by atoms with Crippen molar-refractivity contribution >= 4 is 27.4 Å². The molecule has 0 amide bonds. The zero-order chi connectivity index (χ0) is 40.1. The van der Waals surface area contributed by atoms with Crippen LogP contribution in [0.1, 0.15) is 54.4 Å². The van der Waals surface area contributed by atoms with Crippen molar-refractivity contribution in [2.24, 2.45) is 0 Å². The maximum Gasteiger partial charge on any atom is 0.323 e. The lowest BCUT2D eigenvalue weighted by Gasteiger charge is -2.34. The molecule has 4 heterocycles. The van der Waals surface area contributed by atoms with Gasteiger partial charge in [0.05, 0.1) is 23.1 Å². The van der Waals surface area contributed by atoms with E-state index in [-0.39, 0.29) is 42.3 Å². The van der Waals surface area contributed by atoms with Gasteiger partial charge in [0.1, 0.15) is 43.5 Å². The highest BCUT2D eigenvalue weighted by Gasteiger charge is 2.31. The van der Waals surface area contributed by atoms with Crippen LogP contribution in [0.25, 0.3) is 11.1 Å². The van der Waals surface area contributed by atoms with Crippen LogP contribution in [0.2, 0.25) is 5.02 Å². The van der Waals surface area contributed by atoms with E-state index in [2.05, 4.69) is 27.8 Å². The van der Waals surface area contributed by atoms with E-state index in [1.165, 1.54) is 13.3 Å². The Balaban J connectivity index is 1.09. The number of carbonyl (C=O) groups is 1. The van der Waals surface area contributed by atoms with Gasteiger partial charge in [0.2, 0.25) is 0 Å². The molecule has 3 aromatic carbocycles. The lowest BCUT2D eigenvalue weighted by atomic mass is 9.96. The van der Waals surface area contributed by atoms with Gasteiger partial charge in [-0.1, -0.05) is 42.3 Å². The standard InChI is InChI=1S/C43H50ClN3O9S/c1-28-31(7-6-8-36(28)30-10-11-39-42(19-30)56-34(27-55-39)13-16-46-15-12-33(48)24-46)26-54-41-20-40(53-25-29-17-35(22-45-21-29)57(3,50)51)32(18-37(41)44)23-47-14-5-4-9-38(47)43(49)52-2/h6-8,10-11,17-22,33-34,38,48H,4-5,9,12-16,23-27H2,1-3H3/t33?,34?,38-/m0/s1. The number of carbonyl (C=O) groups excluding carboxylic acids is 1. The second-order valence-corrected chi connectivity index (χ2v) is 17.5. The number of fused-ring (bicyclic) bond motifs is 1. The summed E-state index contributed by atoms with van der Waals surface area (Å²) in [6.07, 6.45) is 7.90. The molecule has 3 aliphatic rings. The molecule has 2 unspecified atom stereocenters. The number of aliphatic hydroxyl groups is 1. The van der Waals surface area contributed by atoms with E-state index in [1.807, 2.05) is 30.3 Å². The third-order valence-electron chi connectivity index (χ3n) is 11.0. The van der Waals surface area contributed by atoms with Crippen molar-refractivity contribution in [1.29, 1.82) is 0 Å². The summed E-state index contributed by atoms with van der Waals surface area (Å²) in [5.74, 6) is 2.07. The number of ether oxygens (including phenoxy) is 5. The first-order valence-corrected chi connectivity index (χ1v) is 21.7. The maximum atomic E-state index is 12.7. The molecule has 7 rings (SSSR count). The SMILES string of the molecule is COC(=O)[C@@H]1CCCCN1Cc1cc(Cl)c(OCc2cccc(-c3ccc4c(c3)OC(CCN3CCC(O)C3)CO4)c2C)cc1OCc1cncc(S(C)(=O)=O)c1. The number of esters is 1. The molecule has 0 bridgehead atoms. The number of benzene rings is 3. The fourth-order valence-electron chi connectivity index (χ4n) is 7.73. The smallest absolute Gasteiger partial charge is 0.323 e. The number of rotatable bonds is 14. The first-order chi connectivity index (χ1) is 27.4. The summed E-state index contributed by atoms with van der Waals surface area (Å²) >= 11 is 6.90. The van der Waals surface area contributed by atoms with Crippen LogP contribution < -0.4 is 18.9 Å². The Morgan fingerprint density at radius 3 is 2.61 bits per heavy atom. The zero-order valence-electron chi connectivity index (χ0n) is 32.6. The lowest BCUT2D eigenvalue weighted by molar-refractivity contribution is -0.148. The maximum absolute atomic E-state index is 12.7. The van der Waals surface area contributed by atoms with E-state index in [0.717, 1.165) is 78.6 Å². The summed E-state index contributed by atoms with van der Waals surface area (Å²) in [5, 5.41) is 10.3. The van der Waals surface area contributed by atoms with Gasteiger partial charge in [-0.05, 0) is 79.3 Å². The van der Waals surface area contributed by atoms with Gasteiger partial charge in [0.15, 0.2) is 21.3 Å². The highest BCUT2D eigenvalue weighted by Crippen LogP contribution is 2.39. The monoisotopic (exact) mass is 819 g/mol. The second kappa shape index (κ2) is 18.0. The Labute approximate surface area is 339 Å². The molecule has 14 heteroatoms. The average Bonchev–Trinajstić information content (AvgIpc) is 3.63. The van der Waals surface area contributed by atoms with E-state index >= 15 is 0 Å². The molecule has 4 aromatic rings. The van der Waals surface area contributed by atoms with Crippen molar-refractivity contribution < 1.29 is 42.0 Å². The molecule has 0 radical (unpaired) electrons. The molecule has 0 spiro atoms. The largest absolute Gasteiger partial charge is 0.488 e. The molecule has 1 aromatic heterocycles. The molecular weight excluding hydrogens is 770 g/mol. The molecular formula is C43H50ClN3O9S. The summed E-state index contributed by atoms with van der Waals surface area (Å²) in [7, 11) is -2.06. The van der Waals surface area contributed by atoms with Gasteiger partial charge in [-0.25, -0.2) is 8.42 Å². The minimum Gasteiger partial charge on any atom is -0.488 e. The van der Waals surface area contributed by atoms with Crippen molar-refractivity contribution in [3.63, 3.8) is 0 Å². The number of sulfone groups is 1. The Kier molecular flexibility index (Phi) is 12.9. The molecule has 0 aliphatic carbocycles. The number of halogens is 1. The molecule has 2 saturated heterocycles. The van der Waals surface area contributed by atoms with E-state index in [1.54, 1.807) is 24.4 Å². The highest BCUT2D eigenvalue weighted by molar-refractivity contribution is 7.90. The van der Waals surface area contributed by atoms with Crippen molar-refractivity contribution in [3.05, 3.63) is 94.3 Å². The zero-order valence-corrected chi connectivity index (χ0v) is 34.2. The lowest BCUT2D eigenvalue weighted by Crippen LogP contribution is -2.44. The highest BCUT2D eigenvalue weighted by atomic mass is 35.5. The van der Waals surface area contributed by atoms with Crippen LogP contribution in [0.3, 0.4) is 0 Å². The van der Waals surface area contributed by atoms with Crippen molar-refractivity contribution in [3.8, 4) is 34.1 Å². The van der Waals surface area contributed by atoms with Gasteiger partial charge < -0.3 is 33.7 Å². The Hall–Kier alpha value is -4.40. The normalized spacial score (nSPS) is 20.0. The van der Waals surface area contributed by atoms with Crippen LogP contribution in [0.4, 0.5) is 0 Å². The number of methoxy groups -OCH3 is 1. The third-order valence-corrected chi connectivity index (χ3v) is 12.4. The van der Waals surface area contributed by atoms with Gasteiger partial charge in [0, 0.05) is 68.4 Å². The number of likely N-dealkylation sites (tertiary alicyclic amines) is 2. The summed E-state index contributed by atoms with van der Waals surface area (Å²) in [4.78, 5) is 21.3. The van der Waals surface area contributed by atoms with Crippen LogP contribution in [0, 0.1) is 6.92 Å². The van der Waals surface area contributed by atoms with E-state index in [0.29, 0.717) is 60.5 Å². The third kappa shape index (κ3) is 10.0. The Bertz CT molecular complexity index is 2190. The molecule has 3 aliphatic heterocycles. The molecule has 304 valence electrons. The Morgan fingerprint density at radius 1 is 0.982 bits per heavy atom. The summed E-state index contributed by atoms with van der Waals surface area (Å²) in [6, 6.07) is 16.8. The van der Waals surface area contributed by atoms with Crippen LogP contribution in [-0.4, -0.2) is 98.7 Å². The van der Waals surface area contributed by atoms with E-state index < -0.39 is 9.84 Å². The summed E-state index contributed by atoms with van der Waals surface area (Å²) in [6.45, 7) is 6.39. The van der Waals surface area contributed by atoms with Gasteiger partial charge in [-0.2, -0.15) is 0 Å². The van der Waals surface area contributed by atoms with Crippen LogP contribution in [-0.2, 0) is 39.1 Å². The quantitative estimate of drug-likeness (QED) is 0.141. The summed E-state index contributed by atoms with van der Waals surface area (Å²) in [5.41, 5.74) is 5.37. The molecule has 2 fully saturated rings. The Morgan fingerprint density at radius 2 is 1.82 bits per heavy atom. The predicted octanol–water partition coefficient (Wildman–Crippen LogP) is 6.40. The first-order valence-electron chi connectivity index (χ1n) is 19.4. The number of hydrogen-bond acceptors (Lipinski definition) is 12. The average molecular weight is 820 g/mol. The van der Waals surface area contributed by atoms with Gasteiger partial charge in [0.25, 0.3) is 0 Å². The molecule has 12 nitrogen and oxygen atoms in total. The van der Waals surface area contributed by atoms with Crippen LogP contribution in [0.5, 0.6) is 23.0 Å². The fraction of sp³-hybridized carbons (Fsp3) is 0.442. The van der Waals surface area contributed by atoms with Gasteiger partial charge >= 0.3 is 5.97 Å². The molecule has 57 heavy (non-hydrogen) atoms. The van der Waals surface area contributed by atoms with Gasteiger partial charge in [-0.15, -0.1) is 0 Å². The number of hydrogen-bond donors (Lipinski definition) is 1. The number of β-amino-alcohol motifs (C(OH)–C–C–N with tert-alkyl or cyclic N) is 1. The van der Waals surface area contributed by atoms with Crippen molar-refractivity contribution in [2.75, 3.05) is 46.2 Å². The first kappa shape index (κ1) is 40.8. The molecule has 1 N–H and O–H groups in total. The predicted molar refractivity (Wildman–Crippen MR) is 216 cm³/mol. The van der Waals surface area contributed by atoms with E-state index in [9.17, 15) is 18.3 Å². The number of aromatic nitrogens is 1. The minimum atomic E-state index is -3.46. The van der Waals surface area contributed by atoms with Crippen molar-refractivity contribution in [2.45, 2.75) is 81.9 Å². The van der Waals surface area contributed by atoms with Crippen LogP contribution in [0.15, 0.2) is 71.9 Å². The number of piperidine rings is 1. The van der Waals surface area contributed by atoms with Crippen molar-refractivity contribution in [1.82, 2.24) is 14.8 Å². The fourth-order valence-corrected chi connectivity index (χ4v) is 8.59. The molecule has 3 atom stereocenters. The minimum absolute atomic E-state index is 0.0465. The number of aliphatic hydroxyl groups excluding tert-OH is 1. The van der Waals surface area contributed by atoms with E-state index in [4.69, 9.17) is 35.3 Å². The number of pyridine rings is 1. The van der Waals surface area contributed by atoms with Gasteiger partial charge in [-0.3, -0.25) is 14.7 Å².